The lowest BCUT2D eigenvalue weighted by atomic mass is 10.1. The van der Waals surface area contributed by atoms with Gasteiger partial charge >= 0.3 is 0 Å². The Bertz CT molecular complexity index is 1020. The molecule has 150 valence electrons. The molecular formula is C22H21BrN2O4. The average molecular weight is 457 g/mol. The first-order valence-corrected chi connectivity index (χ1v) is 9.81. The quantitative estimate of drug-likeness (QED) is 0.552. The largest absolute Gasteiger partial charge is 0.483 e. The summed E-state index contributed by atoms with van der Waals surface area (Å²) in [6.45, 7) is 3.36. The molecule has 0 aliphatic heterocycles. The van der Waals surface area contributed by atoms with E-state index in [4.69, 9.17) is 9.47 Å². The third kappa shape index (κ3) is 5.48. The number of fused-ring (bicyclic) bond motifs is 1. The third-order valence-corrected chi connectivity index (χ3v) is 4.68. The molecule has 3 aromatic carbocycles. The van der Waals surface area contributed by atoms with Crippen molar-refractivity contribution in [3.63, 3.8) is 0 Å². The van der Waals surface area contributed by atoms with Crippen LogP contribution in [0.5, 0.6) is 11.5 Å². The predicted octanol–water partition coefficient (Wildman–Crippen LogP) is 3.82. The molecule has 2 amide bonds. The number of hydrogen-bond donors (Lipinski definition) is 2. The fourth-order valence-corrected chi connectivity index (χ4v) is 3.63. The van der Waals surface area contributed by atoms with Crippen molar-refractivity contribution < 1.29 is 19.1 Å². The van der Waals surface area contributed by atoms with Crippen molar-refractivity contribution in [3.05, 3.63) is 70.2 Å². The minimum absolute atomic E-state index is 0.215. The molecule has 7 heteroatoms. The number of rotatable bonds is 6. The van der Waals surface area contributed by atoms with E-state index in [1.807, 2.05) is 62.4 Å². The number of hydrazine groups is 1. The van der Waals surface area contributed by atoms with Crippen LogP contribution in [0.25, 0.3) is 10.8 Å². The van der Waals surface area contributed by atoms with E-state index in [2.05, 4.69) is 26.8 Å². The standard InChI is InChI=1S/C22H21BrN2O4/c1-14-10-17(23)11-15(2)22(14)29-13-21(27)25-24-20(26)12-28-19-9-5-7-16-6-3-4-8-18(16)19/h3-11H,12-13H2,1-2H3,(H,24,26)(H,25,27). The van der Waals surface area contributed by atoms with Crippen LogP contribution in [0.15, 0.2) is 59.1 Å². The Labute approximate surface area is 177 Å². The van der Waals surface area contributed by atoms with Gasteiger partial charge in [0.25, 0.3) is 11.8 Å². The molecule has 0 aromatic heterocycles. The fourth-order valence-electron chi connectivity index (χ4n) is 2.94. The first kappa shape index (κ1) is 20.7. The lowest BCUT2D eigenvalue weighted by Gasteiger charge is -2.13. The monoisotopic (exact) mass is 456 g/mol. The normalized spacial score (nSPS) is 10.4. The summed E-state index contributed by atoms with van der Waals surface area (Å²) in [6.07, 6.45) is 0. The smallest absolute Gasteiger partial charge is 0.276 e. The molecular weight excluding hydrogens is 436 g/mol. The third-order valence-electron chi connectivity index (χ3n) is 4.22. The molecule has 0 aliphatic rings. The van der Waals surface area contributed by atoms with Crippen molar-refractivity contribution in [1.82, 2.24) is 10.9 Å². The summed E-state index contributed by atoms with van der Waals surface area (Å²) in [6, 6.07) is 17.2. The highest BCUT2D eigenvalue weighted by atomic mass is 79.9. The summed E-state index contributed by atoms with van der Waals surface area (Å²) in [5.74, 6) is 0.315. The first-order chi connectivity index (χ1) is 13.9. The zero-order valence-corrected chi connectivity index (χ0v) is 17.7. The van der Waals surface area contributed by atoms with Crippen LogP contribution < -0.4 is 20.3 Å². The molecule has 0 fully saturated rings. The van der Waals surface area contributed by atoms with Crippen LogP contribution in [0.3, 0.4) is 0 Å². The molecule has 3 rings (SSSR count). The number of hydrogen-bond acceptors (Lipinski definition) is 4. The van der Waals surface area contributed by atoms with E-state index < -0.39 is 11.8 Å². The highest BCUT2D eigenvalue weighted by Crippen LogP contribution is 2.27. The maximum atomic E-state index is 12.0. The molecule has 0 unspecified atom stereocenters. The predicted molar refractivity (Wildman–Crippen MR) is 115 cm³/mol. The van der Waals surface area contributed by atoms with Crippen LogP contribution in [-0.4, -0.2) is 25.0 Å². The number of nitrogens with one attached hydrogen (secondary N) is 2. The van der Waals surface area contributed by atoms with Gasteiger partial charge in [0.15, 0.2) is 13.2 Å². The number of aryl methyl sites for hydroxylation is 2. The Balaban J connectivity index is 1.46. The second-order valence-electron chi connectivity index (χ2n) is 6.52. The van der Waals surface area contributed by atoms with Gasteiger partial charge in [-0.15, -0.1) is 0 Å². The first-order valence-electron chi connectivity index (χ1n) is 9.02. The van der Waals surface area contributed by atoms with Crippen LogP contribution in [0.1, 0.15) is 11.1 Å². The lowest BCUT2D eigenvalue weighted by Crippen LogP contribution is -2.45. The van der Waals surface area contributed by atoms with Crippen LogP contribution in [0.4, 0.5) is 0 Å². The van der Waals surface area contributed by atoms with Gasteiger partial charge in [-0.1, -0.05) is 52.3 Å². The Kier molecular flexibility index (Phi) is 6.72. The van der Waals surface area contributed by atoms with E-state index in [0.29, 0.717) is 11.5 Å². The van der Waals surface area contributed by atoms with Crippen molar-refractivity contribution in [3.8, 4) is 11.5 Å². The molecule has 0 spiro atoms. The van der Waals surface area contributed by atoms with Crippen molar-refractivity contribution in [2.24, 2.45) is 0 Å². The van der Waals surface area contributed by atoms with Crippen molar-refractivity contribution in [2.75, 3.05) is 13.2 Å². The zero-order valence-electron chi connectivity index (χ0n) is 16.1. The van der Waals surface area contributed by atoms with E-state index in [-0.39, 0.29) is 13.2 Å². The van der Waals surface area contributed by atoms with Gasteiger partial charge in [-0.2, -0.15) is 0 Å². The van der Waals surface area contributed by atoms with E-state index in [0.717, 1.165) is 26.4 Å². The van der Waals surface area contributed by atoms with Gasteiger partial charge < -0.3 is 9.47 Å². The van der Waals surface area contributed by atoms with Gasteiger partial charge in [-0.25, -0.2) is 0 Å². The summed E-state index contributed by atoms with van der Waals surface area (Å²) in [5.41, 5.74) is 6.48. The van der Waals surface area contributed by atoms with Gasteiger partial charge in [-0.3, -0.25) is 20.4 Å². The summed E-state index contributed by atoms with van der Waals surface area (Å²) in [5, 5.41) is 1.94. The van der Waals surface area contributed by atoms with E-state index >= 15 is 0 Å². The minimum Gasteiger partial charge on any atom is -0.483 e. The lowest BCUT2D eigenvalue weighted by molar-refractivity contribution is -0.131. The van der Waals surface area contributed by atoms with Gasteiger partial charge in [0.05, 0.1) is 0 Å². The molecule has 0 aliphatic carbocycles. The van der Waals surface area contributed by atoms with Crippen LogP contribution in [0, 0.1) is 13.8 Å². The van der Waals surface area contributed by atoms with Gasteiger partial charge in [0.2, 0.25) is 0 Å². The molecule has 0 saturated carbocycles. The number of carbonyl (C=O) groups excluding carboxylic acids is 2. The van der Waals surface area contributed by atoms with Crippen LogP contribution >= 0.6 is 15.9 Å². The molecule has 6 nitrogen and oxygen atoms in total. The molecule has 0 radical (unpaired) electrons. The van der Waals surface area contributed by atoms with Gasteiger partial charge in [0, 0.05) is 9.86 Å². The Morgan fingerprint density at radius 1 is 0.862 bits per heavy atom. The van der Waals surface area contributed by atoms with Crippen molar-refractivity contribution in [1.29, 1.82) is 0 Å². The molecule has 0 saturated heterocycles. The fraction of sp³-hybridized carbons (Fsp3) is 0.182. The average Bonchev–Trinajstić information content (AvgIpc) is 2.69. The maximum Gasteiger partial charge on any atom is 0.276 e. The van der Waals surface area contributed by atoms with Crippen molar-refractivity contribution >= 4 is 38.5 Å². The number of amides is 2. The Morgan fingerprint density at radius 3 is 2.14 bits per heavy atom. The summed E-state index contributed by atoms with van der Waals surface area (Å²) >= 11 is 3.42. The van der Waals surface area contributed by atoms with Crippen LogP contribution in [-0.2, 0) is 9.59 Å². The van der Waals surface area contributed by atoms with E-state index in [9.17, 15) is 9.59 Å². The molecule has 0 heterocycles. The van der Waals surface area contributed by atoms with E-state index in [1.54, 1.807) is 6.07 Å². The highest BCUT2D eigenvalue weighted by molar-refractivity contribution is 9.10. The number of halogens is 1. The van der Waals surface area contributed by atoms with Crippen LogP contribution in [0.2, 0.25) is 0 Å². The van der Waals surface area contributed by atoms with Gasteiger partial charge in [0.1, 0.15) is 11.5 Å². The molecule has 2 N–H and O–H groups in total. The molecule has 3 aromatic rings. The number of ether oxygens (including phenoxy) is 2. The topological polar surface area (TPSA) is 76.7 Å². The highest BCUT2D eigenvalue weighted by Gasteiger charge is 2.10. The summed E-state index contributed by atoms with van der Waals surface area (Å²) in [4.78, 5) is 23.9. The van der Waals surface area contributed by atoms with Gasteiger partial charge in [-0.05, 0) is 48.6 Å². The molecule has 0 atom stereocenters. The Hall–Kier alpha value is -3.06. The summed E-state index contributed by atoms with van der Waals surface area (Å²) < 4.78 is 12.1. The van der Waals surface area contributed by atoms with Crippen molar-refractivity contribution in [2.45, 2.75) is 13.8 Å². The number of carbonyl (C=O) groups is 2. The SMILES string of the molecule is Cc1cc(Br)cc(C)c1OCC(=O)NNC(=O)COc1cccc2ccccc12. The molecule has 0 bridgehead atoms. The second kappa shape index (κ2) is 9.43. The molecule has 29 heavy (non-hydrogen) atoms. The van der Waals surface area contributed by atoms with E-state index in [1.165, 1.54) is 0 Å². The minimum atomic E-state index is -0.470. The Morgan fingerprint density at radius 2 is 1.45 bits per heavy atom. The zero-order chi connectivity index (χ0) is 20.8. The number of benzene rings is 3. The second-order valence-corrected chi connectivity index (χ2v) is 7.44. The maximum absolute atomic E-state index is 12.0. The summed E-state index contributed by atoms with van der Waals surface area (Å²) in [7, 11) is 0.